The highest BCUT2D eigenvalue weighted by Gasteiger charge is 2.35. The molecule has 3 heterocycles. The van der Waals surface area contributed by atoms with E-state index in [0.717, 1.165) is 5.69 Å². The first-order chi connectivity index (χ1) is 14.3. The number of rotatable bonds is 6. The zero-order valence-electron chi connectivity index (χ0n) is 17.0. The van der Waals surface area contributed by atoms with Crippen LogP contribution >= 0.6 is 11.3 Å². The maximum Gasteiger partial charge on any atom is 0.248 e. The Balaban J connectivity index is 1.49. The number of ether oxygens (including phenoxy) is 1. The van der Waals surface area contributed by atoms with Crippen molar-refractivity contribution in [3.05, 3.63) is 17.1 Å². The summed E-state index contributed by atoms with van der Waals surface area (Å²) >= 11 is 1.44. The van der Waals surface area contributed by atoms with Gasteiger partial charge in [0.2, 0.25) is 17.7 Å². The number of carbonyl (C=O) groups is 1. The molecule has 0 aromatic carbocycles. The van der Waals surface area contributed by atoms with Gasteiger partial charge in [-0.1, -0.05) is 6.92 Å². The lowest BCUT2D eigenvalue weighted by Crippen LogP contribution is -2.56. The van der Waals surface area contributed by atoms with E-state index in [1.54, 1.807) is 11.0 Å². The van der Waals surface area contributed by atoms with E-state index in [9.17, 15) is 13.6 Å². The minimum absolute atomic E-state index is 0.0698. The quantitative estimate of drug-likeness (QED) is 0.738. The SMILES string of the molecule is CCC(=O)N1CC(Oc2cc(NC3CCC(F)(F)CC3)nc(-c3nc(C)cs3)n2)C1. The molecule has 1 aliphatic heterocycles. The van der Waals surface area contributed by atoms with Gasteiger partial charge in [-0.2, -0.15) is 4.98 Å². The maximum atomic E-state index is 13.5. The molecular formula is C20H25F2N5O2S. The maximum absolute atomic E-state index is 13.5. The number of nitrogens with one attached hydrogen (secondary N) is 1. The first kappa shape index (κ1) is 20.9. The Hall–Kier alpha value is -2.36. The zero-order chi connectivity index (χ0) is 21.3. The van der Waals surface area contributed by atoms with Crippen LogP contribution in [-0.4, -0.2) is 56.9 Å². The van der Waals surface area contributed by atoms with E-state index in [-0.39, 0.29) is 30.9 Å². The molecule has 30 heavy (non-hydrogen) atoms. The van der Waals surface area contributed by atoms with E-state index in [0.29, 0.717) is 54.9 Å². The van der Waals surface area contributed by atoms with Crippen LogP contribution < -0.4 is 10.1 Å². The molecule has 1 amide bonds. The number of carbonyl (C=O) groups excluding carboxylic acids is 1. The number of alkyl halides is 2. The summed E-state index contributed by atoms with van der Waals surface area (Å²) in [5.74, 6) is -1.10. The Morgan fingerprint density at radius 3 is 2.67 bits per heavy atom. The van der Waals surface area contributed by atoms with Crippen molar-refractivity contribution in [1.29, 1.82) is 0 Å². The van der Waals surface area contributed by atoms with E-state index in [1.165, 1.54) is 11.3 Å². The molecule has 1 saturated carbocycles. The van der Waals surface area contributed by atoms with Gasteiger partial charge in [0.25, 0.3) is 0 Å². The fraction of sp³-hybridized carbons (Fsp3) is 0.600. The number of hydrogen-bond acceptors (Lipinski definition) is 7. The van der Waals surface area contributed by atoms with Crippen molar-refractivity contribution in [3.8, 4) is 16.7 Å². The molecule has 0 bridgehead atoms. The Morgan fingerprint density at radius 2 is 2.03 bits per heavy atom. The largest absolute Gasteiger partial charge is 0.470 e. The minimum Gasteiger partial charge on any atom is -0.470 e. The Bertz CT molecular complexity index is 906. The molecule has 1 aliphatic carbocycles. The summed E-state index contributed by atoms with van der Waals surface area (Å²) in [4.78, 5) is 27.0. The lowest BCUT2D eigenvalue weighted by molar-refractivity contribution is -0.139. The number of anilines is 1. The van der Waals surface area contributed by atoms with E-state index >= 15 is 0 Å². The first-order valence-corrected chi connectivity index (χ1v) is 11.1. The molecule has 2 aliphatic rings. The summed E-state index contributed by atoms with van der Waals surface area (Å²) < 4.78 is 32.9. The normalized spacial score (nSPS) is 19.4. The third kappa shape index (κ3) is 4.85. The van der Waals surface area contributed by atoms with Crippen molar-refractivity contribution in [3.63, 3.8) is 0 Å². The number of aryl methyl sites for hydroxylation is 1. The van der Waals surface area contributed by atoms with Crippen LogP contribution in [0.1, 0.15) is 44.7 Å². The van der Waals surface area contributed by atoms with Gasteiger partial charge in [0.15, 0.2) is 10.8 Å². The molecule has 2 aromatic heterocycles. The molecule has 7 nitrogen and oxygen atoms in total. The molecule has 0 spiro atoms. The average molecular weight is 438 g/mol. The van der Waals surface area contributed by atoms with Gasteiger partial charge >= 0.3 is 0 Å². The zero-order valence-corrected chi connectivity index (χ0v) is 17.8. The van der Waals surface area contributed by atoms with Gasteiger partial charge in [0.1, 0.15) is 11.9 Å². The number of nitrogens with zero attached hydrogens (tertiary/aromatic N) is 4. The number of hydrogen-bond donors (Lipinski definition) is 1. The van der Waals surface area contributed by atoms with Crippen LogP contribution in [0.4, 0.5) is 14.6 Å². The van der Waals surface area contributed by atoms with Crippen molar-refractivity contribution in [1.82, 2.24) is 19.9 Å². The summed E-state index contributed by atoms with van der Waals surface area (Å²) in [5.41, 5.74) is 0.877. The molecule has 1 saturated heterocycles. The molecule has 4 rings (SSSR count). The summed E-state index contributed by atoms with van der Waals surface area (Å²) in [7, 11) is 0. The van der Waals surface area contributed by atoms with E-state index in [2.05, 4.69) is 20.3 Å². The molecule has 10 heteroatoms. The number of likely N-dealkylation sites (tertiary alicyclic amines) is 1. The molecule has 0 atom stereocenters. The van der Waals surface area contributed by atoms with Crippen LogP contribution in [-0.2, 0) is 4.79 Å². The molecule has 162 valence electrons. The van der Waals surface area contributed by atoms with Crippen molar-refractivity contribution in [2.75, 3.05) is 18.4 Å². The fourth-order valence-corrected chi connectivity index (χ4v) is 4.34. The molecule has 1 N–H and O–H groups in total. The molecule has 0 radical (unpaired) electrons. The van der Waals surface area contributed by atoms with E-state index < -0.39 is 5.92 Å². The highest BCUT2D eigenvalue weighted by Crippen LogP contribution is 2.34. The minimum atomic E-state index is -2.58. The lowest BCUT2D eigenvalue weighted by atomic mass is 9.92. The van der Waals surface area contributed by atoms with Crippen LogP contribution in [0, 0.1) is 6.92 Å². The molecule has 0 unspecified atom stereocenters. The van der Waals surface area contributed by atoms with Gasteiger partial charge in [-0.05, 0) is 19.8 Å². The predicted molar refractivity (Wildman–Crippen MR) is 110 cm³/mol. The van der Waals surface area contributed by atoms with Gasteiger partial charge in [-0.25, -0.2) is 18.7 Å². The monoisotopic (exact) mass is 437 g/mol. The van der Waals surface area contributed by atoms with Crippen LogP contribution in [0.2, 0.25) is 0 Å². The summed E-state index contributed by atoms with van der Waals surface area (Å²) in [5, 5.41) is 5.86. The number of amides is 1. The third-order valence-electron chi connectivity index (χ3n) is 5.37. The second-order valence-electron chi connectivity index (χ2n) is 7.88. The van der Waals surface area contributed by atoms with Gasteiger partial charge in [-0.3, -0.25) is 4.79 Å². The Kier molecular flexibility index (Phi) is 5.86. The highest BCUT2D eigenvalue weighted by atomic mass is 32.1. The summed E-state index contributed by atoms with van der Waals surface area (Å²) in [6.07, 6.45) is 0.873. The van der Waals surface area contributed by atoms with Gasteiger partial charge in [0.05, 0.1) is 13.1 Å². The summed E-state index contributed by atoms with van der Waals surface area (Å²) in [6, 6.07) is 1.63. The standard InChI is InChI=1S/C20H25F2N5O2S/c1-3-17(28)27-9-14(10-27)29-16-8-15(24-13-4-6-20(21,22)7-5-13)25-18(26-16)19-23-12(2)11-30-19/h8,11,13-14H,3-7,9-10H2,1-2H3,(H,24,25,26). The summed E-state index contributed by atoms with van der Waals surface area (Å²) in [6.45, 7) is 4.80. The lowest BCUT2D eigenvalue weighted by Gasteiger charge is -2.38. The smallest absolute Gasteiger partial charge is 0.248 e. The third-order valence-corrected chi connectivity index (χ3v) is 6.33. The average Bonchev–Trinajstić information content (AvgIpc) is 3.12. The van der Waals surface area contributed by atoms with Crippen LogP contribution in [0.25, 0.3) is 10.8 Å². The van der Waals surface area contributed by atoms with Gasteiger partial charge < -0.3 is 15.0 Å². The second kappa shape index (κ2) is 8.41. The van der Waals surface area contributed by atoms with Crippen molar-refractivity contribution >= 4 is 23.1 Å². The van der Waals surface area contributed by atoms with Crippen LogP contribution in [0.3, 0.4) is 0 Å². The van der Waals surface area contributed by atoms with Crippen LogP contribution in [0.15, 0.2) is 11.4 Å². The first-order valence-electron chi connectivity index (χ1n) is 10.2. The fourth-order valence-electron chi connectivity index (χ4n) is 3.62. The molecular weight excluding hydrogens is 412 g/mol. The molecule has 2 aromatic rings. The van der Waals surface area contributed by atoms with Gasteiger partial charge in [-0.15, -0.1) is 11.3 Å². The van der Waals surface area contributed by atoms with Crippen molar-refractivity contribution in [2.24, 2.45) is 0 Å². The topological polar surface area (TPSA) is 80.2 Å². The highest BCUT2D eigenvalue weighted by molar-refractivity contribution is 7.13. The van der Waals surface area contributed by atoms with Gasteiger partial charge in [0, 0.05) is 42.4 Å². The number of aromatic nitrogens is 3. The Morgan fingerprint density at radius 1 is 1.30 bits per heavy atom. The number of thiazole rings is 1. The van der Waals surface area contributed by atoms with E-state index in [1.807, 2.05) is 19.2 Å². The number of halogens is 2. The predicted octanol–water partition coefficient (Wildman–Crippen LogP) is 3.90. The Labute approximate surface area is 177 Å². The second-order valence-corrected chi connectivity index (χ2v) is 8.73. The van der Waals surface area contributed by atoms with Crippen molar-refractivity contribution in [2.45, 2.75) is 64.0 Å². The van der Waals surface area contributed by atoms with E-state index in [4.69, 9.17) is 4.74 Å². The van der Waals surface area contributed by atoms with Crippen molar-refractivity contribution < 1.29 is 18.3 Å². The molecule has 2 fully saturated rings. The van der Waals surface area contributed by atoms with Crippen LogP contribution in [0.5, 0.6) is 5.88 Å².